The molecule has 1 aliphatic heterocycles. The van der Waals surface area contributed by atoms with E-state index in [-0.39, 0.29) is 19.7 Å². The van der Waals surface area contributed by atoms with Gasteiger partial charge >= 0.3 is 6.18 Å². The fraction of sp³-hybridized carbons (Fsp3) is 0.417. The summed E-state index contributed by atoms with van der Waals surface area (Å²) >= 11 is 6.38. The summed E-state index contributed by atoms with van der Waals surface area (Å²) in [5.41, 5.74) is 0.334. The number of hydrogen-bond acceptors (Lipinski definition) is 6. The van der Waals surface area contributed by atoms with E-state index < -0.39 is 38.7 Å². The molecule has 202 valence electrons. The quantitative estimate of drug-likeness (QED) is 0.481. The minimum absolute atomic E-state index is 0.149. The van der Waals surface area contributed by atoms with Gasteiger partial charge in [-0.1, -0.05) is 35.9 Å². The maximum atomic E-state index is 13.2. The number of sulfonamides is 1. The average molecular weight is 561 g/mol. The van der Waals surface area contributed by atoms with Crippen molar-refractivity contribution in [3.8, 4) is 0 Å². The number of ether oxygens (including phenoxy) is 1. The molecule has 0 bridgehead atoms. The molecule has 37 heavy (non-hydrogen) atoms. The molecule has 1 amide bonds. The number of amidine groups is 1. The third-order valence-electron chi connectivity index (χ3n) is 5.85. The van der Waals surface area contributed by atoms with Crippen molar-refractivity contribution in [3.63, 3.8) is 0 Å². The topological polar surface area (TPSA) is 91.3 Å². The minimum Gasteiger partial charge on any atom is -0.367 e. The zero-order chi connectivity index (χ0) is 27.4. The van der Waals surface area contributed by atoms with Crippen LogP contribution in [0.5, 0.6) is 0 Å². The molecule has 2 aromatic rings. The molecule has 0 radical (unpaired) electrons. The standard InChI is InChI=1S/C24H28ClF3N4O4S/c1-16(23(33)30-15-18-9-8-17(14-20(18)25)22-29-10-11-31(22)2)36-13-12-32(3)37(34,35)21-7-5-4-6-19(21)24(26,27)28/h4-9,14,16H,10-13,15H2,1-3H3,(H,30,33). The highest BCUT2D eigenvalue weighted by Crippen LogP contribution is 2.34. The molecule has 1 unspecified atom stereocenters. The van der Waals surface area contributed by atoms with Crippen LogP contribution in [0.15, 0.2) is 52.4 Å². The average Bonchev–Trinajstić information content (AvgIpc) is 3.28. The van der Waals surface area contributed by atoms with Gasteiger partial charge in [-0.25, -0.2) is 8.42 Å². The van der Waals surface area contributed by atoms with Crippen molar-refractivity contribution >= 4 is 33.4 Å². The third kappa shape index (κ3) is 7.01. The number of amides is 1. The van der Waals surface area contributed by atoms with E-state index in [0.717, 1.165) is 48.0 Å². The van der Waals surface area contributed by atoms with Crippen LogP contribution in [0.2, 0.25) is 5.02 Å². The molecule has 1 aliphatic rings. The molecule has 0 saturated heterocycles. The van der Waals surface area contributed by atoms with E-state index in [1.165, 1.54) is 13.0 Å². The van der Waals surface area contributed by atoms with Crippen LogP contribution >= 0.6 is 11.6 Å². The first-order valence-corrected chi connectivity index (χ1v) is 13.2. The zero-order valence-corrected chi connectivity index (χ0v) is 22.1. The maximum Gasteiger partial charge on any atom is 0.417 e. The number of benzene rings is 2. The number of nitrogens with zero attached hydrogens (tertiary/aromatic N) is 3. The van der Waals surface area contributed by atoms with Gasteiger partial charge in [-0.2, -0.15) is 17.5 Å². The molecule has 13 heteroatoms. The molecule has 0 spiro atoms. The van der Waals surface area contributed by atoms with Crippen LogP contribution in [-0.4, -0.2) is 75.8 Å². The first-order valence-electron chi connectivity index (χ1n) is 11.4. The van der Waals surface area contributed by atoms with Crippen molar-refractivity contribution < 1.29 is 31.1 Å². The summed E-state index contributed by atoms with van der Waals surface area (Å²) in [6.45, 7) is 2.74. The van der Waals surface area contributed by atoms with E-state index in [2.05, 4.69) is 10.3 Å². The van der Waals surface area contributed by atoms with Crippen LogP contribution in [0.1, 0.15) is 23.6 Å². The number of nitrogens with one attached hydrogen (secondary N) is 1. The Hall–Kier alpha value is -2.67. The Morgan fingerprint density at radius 3 is 2.59 bits per heavy atom. The van der Waals surface area contributed by atoms with Crippen LogP contribution in [0.3, 0.4) is 0 Å². The maximum absolute atomic E-state index is 13.2. The van der Waals surface area contributed by atoms with E-state index in [1.54, 1.807) is 12.1 Å². The van der Waals surface area contributed by atoms with Gasteiger partial charge in [0.1, 0.15) is 11.9 Å². The van der Waals surface area contributed by atoms with Gasteiger partial charge in [0.05, 0.1) is 23.6 Å². The monoisotopic (exact) mass is 560 g/mol. The molecule has 0 fully saturated rings. The number of hydrogen-bond donors (Lipinski definition) is 1. The Labute approximate surface area is 219 Å². The van der Waals surface area contributed by atoms with Crippen LogP contribution in [0.25, 0.3) is 0 Å². The SMILES string of the molecule is CC(OCCN(C)S(=O)(=O)c1ccccc1C(F)(F)F)C(=O)NCc1ccc(C2=NCCN2C)cc1Cl. The van der Waals surface area contributed by atoms with E-state index >= 15 is 0 Å². The van der Waals surface area contributed by atoms with Gasteiger partial charge in [0.2, 0.25) is 15.9 Å². The van der Waals surface area contributed by atoms with Crippen molar-refractivity contribution in [2.45, 2.75) is 30.6 Å². The summed E-state index contributed by atoms with van der Waals surface area (Å²) in [4.78, 5) is 18.1. The first kappa shape index (κ1) is 28.9. The summed E-state index contributed by atoms with van der Waals surface area (Å²) in [6, 6.07) is 9.43. The lowest BCUT2D eigenvalue weighted by molar-refractivity contribution is -0.140. The Kier molecular flexibility index (Phi) is 9.22. The molecular formula is C24H28ClF3N4O4S. The lowest BCUT2D eigenvalue weighted by atomic mass is 10.1. The predicted octanol–water partition coefficient (Wildman–Crippen LogP) is 3.39. The van der Waals surface area contributed by atoms with Gasteiger partial charge in [0.15, 0.2) is 0 Å². The van der Waals surface area contributed by atoms with Gasteiger partial charge < -0.3 is 15.0 Å². The van der Waals surface area contributed by atoms with Crippen molar-refractivity contribution in [1.29, 1.82) is 0 Å². The second kappa shape index (κ2) is 11.8. The molecule has 1 heterocycles. The molecule has 0 aliphatic carbocycles. The van der Waals surface area contributed by atoms with E-state index in [1.807, 2.05) is 18.0 Å². The molecule has 3 rings (SSSR count). The van der Waals surface area contributed by atoms with E-state index in [0.29, 0.717) is 16.7 Å². The molecule has 1 N–H and O–H groups in total. The number of carbonyl (C=O) groups excluding carboxylic acids is 1. The Bertz CT molecular complexity index is 1270. The predicted molar refractivity (Wildman–Crippen MR) is 134 cm³/mol. The summed E-state index contributed by atoms with van der Waals surface area (Å²) in [5.74, 6) is 0.404. The highest BCUT2D eigenvalue weighted by molar-refractivity contribution is 7.89. The van der Waals surface area contributed by atoms with E-state index in [9.17, 15) is 26.4 Å². The second-order valence-corrected chi connectivity index (χ2v) is 10.9. The van der Waals surface area contributed by atoms with Gasteiger partial charge in [0, 0.05) is 44.3 Å². The largest absolute Gasteiger partial charge is 0.417 e. The zero-order valence-electron chi connectivity index (χ0n) is 20.5. The van der Waals surface area contributed by atoms with Crippen molar-refractivity contribution in [1.82, 2.24) is 14.5 Å². The van der Waals surface area contributed by atoms with Crippen LogP contribution in [0, 0.1) is 0 Å². The molecule has 1 atom stereocenters. The number of alkyl halides is 3. The van der Waals surface area contributed by atoms with Crippen LogP contribution < -0.4 is 5.32 Å². The van der Waals surface area contributed by atoms with Crippen molar-refractivity contribution in [3.05, 3.63) is 64.2 Å². The number of halogens is 4. The third-order valence-corrected chi connectivity index (χ3v) is 8.11. The van der Waals surface area contributed by atoms with Gasteiger partial charge in [0.25, 0.3) is 0 Å². The Balaban J connectivity index is 1.51. The normalized spacial score (nSPS) is 15.1. The summed E-state index contributed by atoms with van der Waals surface area (Å²) in [5, 5.41) is 3.18. The number of aliphatic imine (C=N–C) groups is 1. The molecule has 2 aromatic carbocycles. The van der Waals surface area contributed by atoms with Crippen molar-refractivity contribution in [2.75, 3.05) is 40.3 Å². The smallest absolute Gasteiger partial charge is 0.367 e. The van der Waals surface area contributed by atoms with Gasteiger partial charge in [-0.15, -0.1) is 0 Å². The second-order valence-electron chi connectivity index (χ2n) is 8.48. The lowest BCUT2D eigenvalue weighted by Gasteiger charge is -2.21. The summed E-state index contributed by atoms with van der Waals surface area (Å²) in [7, 11) is -1.33. The summed E-state index contributed by atoms with van der Waals surface area (Å²) in [6.07, 6.45) is -5.75. The first-order chi connectivity index (χ1) is 17.3. The molecule has 0 aromatic heterocycles. The molecule has 8 nitrogen and oxygen atoms in total. The summed E-state index contributed by atoms with van der Waals surface area (Å²) < 4.78 is 71.3. The Morgan fingerprint density at radius 1 is 1.27 bits per heavy atom. The highest BCUT2D eigenvalue weighted by Gasteiger charge is 2.38. The van der Waals surface area contributed by atoms with Gasteiger partial charge in [-0.05, 0) is 30.7 Å². The van der Waals surface area contributed by atoms with E-state index in [4.69, 9.17) is 16.3 Å². The van der Waals surface area contributed by atoms with Crippen LogP contribution in [0.4, 0.5) is 13.2 Å². The van der Waals surface area contributed by atoms with Crippen molar-refractivity contribution in [2.24, 2.45) is 4.99 Å². The minimum atomic E-state index is -4.82. The fourth-order valence-corrected chi connectivity index (χ4v) is 5.26. The highest BCUT2D eigenvalue weighted by atomic mass is 35.5. The van der Waals surface area contributed by atoms with Crippen LogP contribution in [-0.2, 0) is 32.3 Å². The lowest BCUT2D eigenvalue weighted by Crippen LogP contribution is -2.37. The number of rotatable bonds is 10. The Morgan fingerprint density at radius 2 is 1.97 bits per heavy atom. The number of carbonyl (C=O) groups is 1. The number of likely N-dealkylation sites (N-methyl/N-ethyl adjacent to an activating group) is 2. The molecule has 0 saturated carbocycles. The fourth-order valence-electron chi connectivity index (χ4n) is 3.65. The van der Waals surface area contributed by atoms with Gasteiger partial charge in [-0.3, -0.25) is 9.79 Å². The molecular weight excluding hydrogens is 533 g/mol.